The number of aliphatic hydroxyl groups excluding tert-OH is 1. The topological polar surface area (TPSA) is 60.8 Å². The van der Waals surface area contributed by atoms with Crippen LogP contribution < -0.4 is 0 Å². The quantitative estimate of drug-likeness (QED) is 0.577. The highest BCUT2D eigenvalue weighted by Crippen LogP contribution is 1.90. The number of aliphatic hydroxyl groups is 1. The van der Waals surface area contributed by atoms with Crippen LogP contribution in [0.25, 0.3) is 0 Å². The van der Waals surface area contributed by atoms with Crippen molar-refractivity contribution >= 4 is 5.97 Å². The van der Waals surface area contributed by atoms with Gasteiger partial charge in [-0.3, -0.25) is 9.69 Å². The molecule has 0 aromatic carbocycles. The molecule has 4 heteroatoms. The minimum atomic E-state index is -0.833. The number of carboxylic acid groups (broad SMARTS) is 1. The van der Waals surface area contributed by atoms with Gasteiger partial charge in [0.25, 0.3) is 5.97 Å². The van der Waals surface area contributed by atoms with Gasteiger partial charge in [0.05, 0.1) is 0 Å². The van der Waals surface area contributed by atoms with E-state index >= 15 is 0 Å². The molecule has 0 radical (unpaired) electrons. The Morgan fingerprint density at radius 3 is 1.82 bits per heavy atom. The highest BCUT2D eigenvalue weighted by Gasteiger charge is 1.99. The van der Waals surface area contributed by atoms with Gasteiger partial charge in [-0.2, -0.15) is 0 Å². The minimum Gasteiger partial charge on any atom is -0.481 e. The summed E-state index contributed by atoms with van der Waals surface area (Å²) in [6.07, 6.45) is 0.535. The third kappa shape index (κ3) is 17.7. The largest absolute Gasteiger partial charge is 0.481 e. The van der Waals surface area contributed by atoms with Crippen molar-refractivity contribution in [2.45, 2.75) is 26.5 Å². The Morgan fingerprint density at radius 1 is 1.55 bits per heavy atom. The first-order chi connectivity index (χ1) is 4.91. The van der Waals surface area contributed by atoms with Crippen LogP contribution in [0, 0.1) is 0 Å². The summed E-state index contributed by atoms with van der Waals surface area (Å²) in [6, 6.07) is 0. The second-order valence-corrected chi connectivity index (χ2v) is 2.37. The second-order valence-electron chi connectivity index (χ2n) is 2.37. The zero-order chi connectivity index (χ0) is 9.44. The summed E-state index contributed by atoms with van der Waals surface area (Å²) in [7, 11) is 3.71. The van der Waals surface area contributed by atoms with E-state index < -0.39 is 5.97 Å². The van der Waals surface area contributed by atoms with Crippen LogP contribution in [-0.2, 0) is 4.79 Å². The smallest absolute Gasteiger partial charge is 0.300 e. The Bertz CT molecular complexity index is 99.9. The number of nitrogens with zero attached hydrogens (tertiary/aromatic N) is 1. The average molecular weight is 163 g/mol. The molecule has 2 N–H and O–H groups in total. The van der Waals surface area contributed by atoms with E-state index in [1.807, 2.05) is 21.0 Å². The van der Waals surface area contributed by atoms with Crippen molar-refractivity contribution in [3.63, 3.8) is 0 Å². The first-order valence-corrected chi connectivity index (χ1v) is 3.45. The van der Waals surface area contributed by atoms with Crippen LogP contribution in [0.1, 0.15) is 20.3 Å². The number of carboxylic acids is 1. The highest BCUT2D eigenvalue weighted by atomic mass is 16.4. The van der Waals surface area contributed by atoms with Crippen LogP contribution in [0.4, 0.5) is 0 Å². The van der Waals surface area contributed by atoms with E-state index in [-0.39, 0.29) is 6.23 Å². The monoisotopic (exact) mass is 163 g/mol. The third-order valence-corrected chi connectivity index (χ3v) is 0.961. The van der Waals surface area contributed by atoms with E-state index in [0.717, 1.165) is 13.3 Å². The summed E-state index contributed by atoms with van der Waals surface area (Å²) in [4.78, 5) is 10.8. The lowest BCUT2D eigenvalue weighted by Crippen LogP contribution is -2.26. The van der Waals surface area contributed by atoms with Crippen molar-refractivity contribution in [2.24, 2.45) is 0 Å². The number of rotatable bonds is 2. The number of aliphatic carboxylic acids is 1. The first kappa shape index (κ1) is 13.0. The van der Waals surface area contributed by atoms with Gasteiger partial charge in [0.1, 0.15) is 6.23 Å². The molecule has 0 fully saturated rings. The van der Waals surface area contributed by atoms with Gasteiger partial charge in [0, 0.05) is 6.92 Å². The Balaban J connectivity index is 0. The zero-order valence-electron chi connectivity index (χ0n) is 7.53. The Morgan fingerprint density at radius 2 is 1.82 bits per heavy atom. The molecule has 4 nitrogen and oxygen atoms in total. The Hall–Kier alpha value is -0.610. The van der Waals surface area contributed by atoms with Crippen LogP contribution in [0.3, 0.4) is 0 Å². The lowest BCUT2D eigenvalue weighted by molar-refractivity contribution is -0.134. The van der Waals surface area contributed by atoms with Gasteiger partial charge in [-0.15, -0.1) is 0 Å². The van der Waals surface area contributed by atoms with Crippen molar-refractivity contribution in [1.82, 2.24) is 4.90 Å². The van der Waals surface area contributed by atoms with Gasteiger partial charge in [-0.25, -0.2) is 0 Å². The summed E-state index contributed by atoms with van der Waals surface area (Å²) in [5.74, 6) is -0.833. The fraction of sp³-hybridized carbons (Fsp3) is 0.857. The molecule has 0 bridgehead atoms. The van der Waals surface area contributed by atoms with Gasteiger partial charge >= 0.3 is 0 Å². The van der Waals surface area contributed by atoms with Crippen molar-refractivity contribution in [3.8, 4) is 0 Å². The molecule has 0 aromatic rings. The van der Waals surface area contributed by atoms with Gasteiger partial charge in [0.2, 0.25) is 0 Å². The number of hydrogen-bond acceptors (Lipinski definition) is 3. The van der Waals surface area contributed by atoms with Crippen molar-refractivity contribution in [3.05, 3.63) is 0 Å². The molecule has 0 aliphatic heterocycles. The van der Waals surface area contributed by atoms with E-state index in [9.17, 15) is 0 Å². The molecular formula is C7H17NO3. The summed E-state index contributed by atoms with van der Waals surface area (Å²) >= 11 is 0. The molecule has 1 atom stereocenters. The van der Waals surface area contributed by atoms with E-state index in [2.05, 4.69) is 0 Å². The molecular weight excluding hydrogens is 146 g/mol. The maximum atomic E-state index is 9.00. The van der Waals surface area contributed by atoms with E-state index in [4.69, 9.17) is 15.0 Å². The summed E-state index contributed by atoms with van der Waals surface area (Å²) < 4.78 is 0. The number of hydrogen-bond donors (Lipinski definition) is 2. The van der Waals surface area contributed by atoms with Crippen LogP contribution in [-0.4, -0.2) is 41.4 Å². The predicted octanol–water partition coefficient (Wildman–Crippen LogP) is 0.367. The molecule has 0 aliphatic rings. The zero-order valence-corrected chi connectivity index (χ0v) is 7.53. The average Bonchev–Trinajstić information content (AvgIpc) is 1.85. The Labute approximate surface area is 67.4 Å². The van der Waals surface area contributed by atoms with Crippen LogP contribution in [0.15, 0.2) is 0 Å². The van der Waals surface area contributed by atoms with Gasteiger partial charge in [0.15, 0.2) is 0 Å². The van der Waals surface area contributed by atoms with Gasteiger partial charge in [-0.05, 0) is 20.5 Å². The summed E-state index contributed by atoms with van der Waals surface area (Å²) in [5, 5.41) is 16.3. The molecule has 0 amide bonds. The molecule has 0 aromatic heterocycles. The fourth-order valence-corrected chi connectivity index (χ4v) is 0.365. The molecule has 0 heterocycles. The van der Waals surface area contributed by atoms with Gasteiger partial charge < -0.3 is 10.2 Å². The lowest BCUT2D eigenvalue weighted by Gasteiger charge is -2.15. The third-order valence-electron chi connectivity index (χ3n) is 0.961. The van der Waals surface area contributed by atoms with E-state index in [0.29, 0.717) is 0 Å². The fourth-order valence-electron chi connectivity index (χ4n) is 0.365. The van der Waals surface area contributed by atoms with E-state index in [1.54, 1.807) is 4.90 Å². The summed E-state index contributed by atoms with van der Waals surface area (Å²) in [6.45, 7) is 3.03. The highest BCUT2D eigenvalue weighted by molar-refractivity contribution is 5.62. The van der Waals surface area contributed by atoms with Crippen LogP contribution in [0.2, 0.25) is 0 Å². The van der Waals surface area contributed by atoms with Gasteiger partial charge in [-0.1, -0.05) is 6.92 Å². The van der Waals surface area contributed by atoms with Crippen molar-refractivity contribution in [1.29, 1.82) is 0 Å². The normalized spacial score (nSPS) is 11.8. The second kappa shape index (κ2) is 7.50. The Kier molecular flexibility index (Phi) is 8.87. The molecule has 11 heavy (non-hydrogen) atoms. The molecule has 68 valence electrons. The molecule has 0 rings (SSSR count). The van der Waals surface area contributed by atoms with E-state index in [1.165, 1.54) is 0 Å². The predicted molar refractivity (Wildman–Crippen MR) is 43.3 cm³/mol. The minimum absolute atomic E-state index is 0.264. The maximum Gasteiger partial charge on any atom is 0.300 e. The van der Waals surface area contributed by atoms with Crippen molar-refractivity contribution < 1.29 is 15.0 Å². The maximum absolute atomic E-state index is 9.00. The lowest BCUT2D eigenvalue weighted by atomic mass is 10.4. The van der Waals surface area contributed by atoms with Crippen LogP contribution in [0.5, 0.6) is 0 Å². The summed E-state index contributed by atoms with van der Waals surface area (Å²) in [5.41, 5.74) is 0. The van der Waals surface area contributed by atoms with Crippen LogP contribution >= 0.6 is 0 Å². The molecule has 1 unspecified atom stereocenters. The first-order valence-electron chi connectivity index (χ1n) is 3.45. The number of carbonyl (C=O) groups is 1. The molecule has 0 saturated heterocycles. The molecule has 0 saturated carbocycles. The molecule has 0 aliphatic carbocycles. The molecule has 0 spiro atoms. The SMILES string of the molecule is CC(=O)O.CCC(O)N(C)C. The standard InChI is InChI=1S/C5H13NO.C2H4O2/c1-4-5(7)6(2)3;1-2(3)4/h5,7H,4H2,1-3H3;1H3,(H,3,4). The van der Waals surface area contributed by atoms with Crippen molar-refractivity contribution in [2.75, 3.05) is 14.1 Å².